The van der Waals surface area contributed by atoms with Crippen LogP contribution in [0.15, 0.2) is 29.3 Å². The van der Waals surface area contributed by atoms with Crippen LogP contribution in [0.4, 0.5) is 5.69 Å². The fourth-order valence-corrected chi connectivity index (χ4v) is 2.90. The van der Waals surface area contributed by atoms with E-state index in [1.165, 1.54) is 82.8 Å². The number of nitrogens with zero attached hydrogens (tertiary/aromatic N) is 2. The second kappa shape index (κ2) is 14.6. The van der Waals surface area contributed by atoms with Crippen LogP contribution in [0.25, 0.3) is 0 Å². The minimum absolute atomic E-state index is 0.123. The molecule has 4 heteroatoms. The van der Waals surface area contributed by atoms with E-state index in [0.29, 0.717) is 0 Å². The molecule has 0 saturated carbocycles. The van der Waals surface area contributed by atoms with E-state index in [1.54, 1.807) is 12.1 Å². The first kappa shape index (κ1) is 21.3. The van der Waals surface area contributed by atoms with Crippen molar-refractivity contribution < 1.29 is 4.92 Å². The number of nitro groups is 1. The molecule has 0 aromatic heterocycles. The summed E-state index contributed by atoms with van der Waals surface area (Å²) in [4.78, 5) is 14.6. The van der Waals surface area contributed by atoms with E-state index in [2.05, 4.69) is 11.9 Å². The molecule has 25 heavy (non-hydrogen) atoms. The summed E-state index contributed by atoms with van der Waals surface area (Å²) >= 11 is 0. The van der Waals surface area contributed by atoms with Crippen LogP contribution in [0.3, 0.4) is 0 Å². The topological polar surface area (TPSA) is 55.5 Å². The predicted molar refractivity (Wildman–Crippen MR) is 107 cm³/mol. The van der Waals surface area contributed by atoms with E-state index in [-0.39, 0.29) is 10.6 Å². The molecular weight excluding hydrogens is 312 g/mol. The normalized spacial score (nSPS) is 11.2. The van der Waals surface area contributed by atoms with Crippen LogP contribution < -0.4 is 0 Å². The van der Waals surface area contributed by atoms with Crippen molar-refractivity contribution in [1.82, 2.24) is 0 Å². The van der Waals surface area contributed by atoms with Crippen molar-refractivity contribution in [3.05, 3.63) is 39.9 Å². The van der Waals surface area contributed by atoms with Gasteiger partial charge in [0.05, 0.1) is 4.92 Å². The largest absolute Gasteiger partial charge is 0.293 e. The highest BCUT2D eigenvalue weighted by molar-refractivity contribution is 5.79. The summed E-state index contributed by atoms with van der Waals surface area (Å²) in [6, 6.07) is 6.52. The summed E-state index contributed by atoms with van der Waals surface area (Å²) in [5.41, 5.74) is 1.04. The predicted octanol–water partition coefficient (Wildman–Crippen LogP) is 6.71. The lowest BCUT2D eigenvalue weighted by atomic mass is 10.1. The van der Waals surface area contributed by atoms with Crippen LogP contribution in [-0.2, 0) is 0 Å². The van der Waals surface area contributed by atoms with Gasteiger partial charge in [0.1, 0.15) is 0 Å². The smallest absolute Gasteiger partial charge is 0.269 e. The van der Waals surface area contributed by atoms with E-state index >= 15 is 0 Å². The van der Waals surface area contributed by atoms with Crippen molar-refractivity contribution in [2.24, 2.45) is 4.99 Å². The molecule has 0 aliphatic carbocycles. The number of rotatable bonds is 15. The average molecular weight is 347 g/mol. The summed E-state index contributed by atoms with van der Waals surface area (Å²) in [6.45, 7) is 3.11. The maximum atomic E-state index is 10.6. The van der Waals surface area contributed by atoms with Gasteiger partial charge in [0.2, 0.25) is 0 Å². The molecule has 0 saturated heterocycles. The lowest BCUT2D eigenvalue weighted by Gasteiger charge is -2.02. The Kier molecular flexibility index (Phi) is 12.5. The molecule has 1 aromatic rings. The molecule has 0 fully saturated rings. The molecule has 0 aliphatic heterocycles. The highest BCUT2D eigenvalue weighted by Gasteiger charge is 2.02. The van der Waals surface area contributed by atoms with Crippen LogP contribution in [0.5, 0.6) is 0 Å². The highest BCUT2D eigenvalue weighted by Crippen LogP contribution is 2.12. The highest BCUT2D eigenvalue weighted by atomic mass is 16.6. The maximum absolute atomic E-state index is 10.6. The van der Waals surface area contributed by atoms with Gasteiger partial charge in [0.25, 0.3) is 5.69 Å². The second-order valence-corrected chi connectivity index (χ2v) is 6.77. The molecule has 0 aliphatic rings. The van der Waals surface area contributed by atoms with Gasteiger partial charge >= 0.3 is 0 Å². The van der Waals surface area contributed by atoms with Crippen LogP contribution in [-0.4, -0.2) is 17.7 Å². The zero-order valence-corrected chi connectivity index (χ0v) is 15.8. The lowest BCUT2D eigenvalue weighted by Crippen LogP contribution is -1.89. The molecule has 0 N–H and O–H groups in total. The zero-order valence-electron chi connectivity index (χ0n) is 15.8. The number of hydrogen-bond donors (Lipinski definition) is 0. The minimum Gasteiger partial charge on any atom is -0.293 e. The van der Waals surface area contributed by atoms with Crippen LogP contribution in [0.1, 0.15) is 89.5 Å². The molecule has 4 nitrogen and oxygen atoms in total. The summed E-state index contributed by atoms with van der Waals surface area (Å²) < 4.78 is 0. The second-order valence-electron chi connectivity index (χ2n) is 6.77. The number of nitro benzene ring substituents is 1. The van der Waals surface area contributed by atoms with E-state index in [4.69, 9.17) is 0 Å². The van der Waals surface area contributed by atoms with Crippen LogP contribution in [0.2, 0.25) is 0 Å². The Bertz CT molecular complexity index is 483. The fraction of sp³-hybridized carbons (Fsp3) is 0.667. The fourth-order valence-electron chi connectivity index (χ4n) is 2.90. The standard InChI is InChI=1S/C21H34N2O2/c1-2-3-4-5-6-7-8-9-10-11-12-13-18-22-19-20-14-16-21(17-15-20)23(24)25/h14-17,19H,2-13,18H2,1H3. The van der Waals surface area contributed by atoms with Gasteiger partial charge in [-0.15, -0.1) is 0 Å². The van der Waals surface area contributed by atoms with Gasteiger partial charge in [-0.2, -0.15) is 0 Å². The Morgan fingerprint density at radius 3 is 1.80 bits per heavy atom. The molecular formula is C21H34N2O2. The molecule has 0 spiro atoms. The summed E-state index contributed by atoms with van der Waals surface area (Å²) in [5.74, 6) is 0. The Balaban J connectivity index is 1.92. The zero-order chi connectivity index (χ0) is 18.2. The van der Waals surface area contributed by atoms with Crippen LogP contribution >= 0.6 is 0 Å². The third-order valence-corrected chi connectivity index (χ3v) is 4.49. The molecule has 0 radical (unpaired) electrons. The van der Waals surface area contributed by atoms with E-state index in [1.807, 2.05) is 6.21 Å². The van der Waals surface area contributed by atoms with Crippen LogP contribution in [0, 0.1) is 10.1 Å². The van der Waals surface area contributed by atoms with E-state index in [9.17, 15) is 10.1 Å². The summed E-state index contributed by atoms with van der Waals surface area (Å²) in [7, 11) is 0. The number of non-ortho nitro benzene ring substituents is 1. The Morgan fingerprint density at radius 1 is 0.840 bits per heavy atom. The summed E-state index contributed by atoms with van der Waals surface area (Å²) in [5, 5.41) is 10.6. The van der Waals surface area contributed by atoms with Gasteiger partial charge in [-0.25, -0.2) is 0 Å². The number of hydrogen-bond acceptors (Lipinski definition) is 3. The quantitative estimate of drug-likeness (QED) is 0.153. The van der Waals surface area contributed by atoms with E-state index < -0.39 is 0 Å². The molecule has 140 valence electrons. The van der Waals surface area contributed by atoms with Crippen molar-refractivity contribution >= 4 is 11.9 Å². The van der Waals surface area contributed by atoms with Crippen molar-refractivity contribution in [3.8, 4) is 0 Å². The minimum atomic E-state index is -0.382. The lowest BCUT2D eigenvalue weighted by molar-refractivity contribution is -0.384. The van der Waals surface area contributed by atoms with Gasteiger partial charge in [-0.05, 0) is 24.1 Å². The monoisotopic (exact) mass is 346 g/mol. The first-order valence-electron chi connectivity index (χ1n) is 9.98. The first-order valence-corrected chi connectivity index (χ1v) is 9.98. The van der Waals surface area contributed by atoms with Gasteiger partial charge in [0, 0.05) is 24.9 Å². The van der Waals surface area contributed by atoms with Crippen molar-refractivity contribution in [1.29, 1.82) is 0 Å². The molecule has 0 unspecified atom stereocenters. The Labute approximate surface area is 152 Å². The van der Waals surface area contributed by atoms with Gasteiger partial charge in [-0.3, -0.25) is 15.1 Å². The van der Waals surface area contributed by atoms with Crippen molar-refractivity contribution in [2.45, 2.75) is 84.0 Å². The van der Waals surface area contributed by atoms with Gasteiger partial charge < -0.3 is 0 Å². The number of benzene rings is 1. The third-order valence-electron chi connectivity index (χ3n) is 4.49. The first-order chi connectivity index (χ1) is 12.2. The van der Waals surface area contributed by atoms with Gasteiger partial charge in [-0.1, -0.05) is 77.6 Å². The molecule has 1 rings (SSSR count). The molecule has 1 aromatic carbocycles. The number of unbranched alkanes of at least 4 members (excludes halogenated alkanes) is 11. The van der Waals surface area contributed by atoms with Gasteiger partial charge in [0.15, 0.2) is 0 Å². The van der Waals surface area contributed by atoms with E-state index in [0.717, 1.165) is 18.5 Å². The molecule has 0 heterocycles. The average Bonchev–Trinajstić information content (AvgIpc) is 2.62. The van der Waals surface area contributed by atoms with Crippen molar-refractivity contribution in [2.75, 3.05) is 6.54 Å². The Hall–Kier alpha value is -1.71. The number of aliphatic imine (C=N–C) groups is 1. The Morgan fingerprint density at radius 2 is 1.32 bits per heavy atom. The molecule has 0 amide bonds. The van der Waals surface area contributed by atoms with Crippen molar-refractivity contribution in [3.63, 3.8) is 0 Å². The molecule has 0 bridgehead atoms. The maximum Gasteiger partial charge on any atom is 0.269 e. The third kappa shape index (κ3) is 11.5. The molecule has 0 atom stereocenters. The SMILES string of the molecule is CCCCCCCCCCCCCCN=Cc1ccc([N+](=O)[O-])cc1. The summed E-state index contributed by atoms with van der Waals surface area (Å²) in [6.07, 6.45) is 18.0.